The van der Waals surface area contributed by atoms with E-state index in [-0.39, 0.29) is 6.61 Å². The average molecular weight is 338 g/mol. The van der Waals surface area contributed by atoms with Crippen molar-refractivity contribution in [3.05, 3.63) is 65.2 Å². The fourth-order valence-electron chi connectivity index (χ4n) is 2.48. The van der Waals surface area contributed by atoms with Crippen LogP contribution in [0.4, 0.5) is 11.4 Å². The van der Waals surface area contributed by atoms with Gasteiger partial charge in [0.15, 0.2) is 0 Å². The van der Waals surface area contributed by atoms with Crippen LogP contribution in [0.1, 0.15) is 42.9 Å². The number of aryl methyl sites for hydroxylation is 1. The van der Waals surface area contributed by atoms with Gasteiger partial charge in [0, 0.05) is 23.0 Å². The molecule has 0 saturated carbocycles. The van der Waals surface area contributed by atoms with E-state index in [0.717, 1.165) is 17.5 Å². The Kier molecular flexibility index (Phi) is 7.08. The summed E-state index contributed by atoms with van der Waals surface area (Å²) in [6.07, 6.45) is 7.98. The first-order valence-corrected chi connectivity index (χ1v) is 8.66. The predicted octanol–water partition coefficient (Wildman–Crippen LogP) is 4.34. The van der Waals surface area contributed by atoms with Gasteiger partial charge in [-0.05, 0) is 42.2 Å². The van der Waals surface area contributed by atoms with E-state index in [1.54, 1.807) is 24.3 Å². The summed E-state index contributed by atoms with van der Waals surface area (Å²) >= 11 is 0. The van der Waals surface area contributed by atoms with Crippen molar-refractivity contribution in [2.24, 2.45) is 0 Å². The van der Waals surface area contributed by atoms with Gasteiger partial charge in [-0.25, -0.2) is 4.79 Å². The van der Waals surface area contributed by atoms with Gasteiger partial charge in [0.05, 0.1) is 0 Å². The van der Waals surface area contributed by atoms with Gasteiger partial charge in [-0.2, -0.15) is 0 Å². The zero-order valence-electron chi connectivity index (χ0n) is 14.7. The molecule has 4 N–H and O–H groups in total. The van der Waals surface area contributed by atoms with Crippen LogP contribution in [0.15, 0.2) is 48.5 Å². The van der Waals surface area contributed by atoms with Crippen molar-refractivity contribution in [3.63, 3.8) is 0 Å². The first-order valence-electron chi connectivity index (χ1n) is 8.66. The molecule has 0 fully saturated rings. The molecule has 132 valence electrons. The Morgan fingerprint density at radius 2 is 1.84 bits per heavy atom. The summed E-state index contributed by atoms with van der Waals surface area (Å²) in [4.78, 5) is 11.8. The van der Waals surface area contributed by atoms with Crippen LogP contribution >= 0.6 is 0 Å². The molecule has 0 amide bonds. The number of hydrogen-bond donors (Lipinski definition) is 2. The lowest BCUT2D eigenvalue weighted by atomic mass is 10.1. The number of esters is 1. The van der Waals surface area contributed by atoms with Gasteiger partial charge in [0.1, 0.15) is 6.61 Å². The number of rotatable bonds is 8. The Bertz CT molecular complexity index is 721. The van der Waals surface area contributed by atoms with E-state index in [2.05, 4.69) is 19.1 Å². The van der Waals surface area contributed by atoms with Crippen LogP contribution in [0, 0.1) is 0 Å². The second kappa shape index (κ2) is 9.52. The summed E-state index contributed by atoms with van der Waals surface area (Å²) in [5.74, 6) is -0.400. The molecule has 25 heavy (non-hydrogen) atoms. The summed E-state index contributed by atoms with van der Waals surface area (Å²) in [6, 6.07) is 13.4. The van der Waals surface area contributed by atoms with Gasteiger partial charge >= 0.3 is 5.97 Å². The lowest BCUT2D eigenvalue weighted by Crippen LogP contribution is -2.03. The molecule has 0 atom stereocenters. The van der Waals surface area contributed by atoms with Crippen molar-refractivity contribution < 1.29 is 9.53 Å². The number of hydrogen-bond acceptors (Lipinski definition) is 4. The maximum atomic E-state index is 11.8. The van der Waals surface area contributed by atoms with Crippen LogP contribution in [0.3, 0.4) is 0 Å². The lowest BCUT2D eigenvalue weighted by molar-refractivity contribution is -0.138. The maximum absolute atomic E-state index is 11.8. The van der Waals surface area contributed by atoms with Crippen molar-refractivity contribution in [3.8, 4) is 0 Å². The lowest BCUT2D eigenvalue weighted by Gasteiger charge is -2.06. The number of anilines is 2. The second-order valence-electron chi connectivity index (χ2n) is 6.10. The quantitative estimate of drug-likeness (QED) is 0.325. The minimum absolute atomic E-state index is 0.131. The number of nitrogen functional groups attached to an aromatic ring is 2. The highest BCUT2D eigenvalue weighted by Crippen LogP contribution is 2.16. The van der Waals surface area contributed by atoms with Crippen molar-refractivity contribution in [2.45, 2.75) is 39.2 Å². The molecule has 0 aromatic heterocycles. The summed E-state index contributed by atoms with van der Waals surface area (Å²) in [5, 5.41) is 0. The number of nitrogens with two attached hydrogens (primary N) is 2. The largest absolute Gasteiger partial charge is 0.458 e. The minimum Gasteiger partial charge on any atom is -0.458 e. The van der Waals surface area contributed by atoms with Gasteiger partial charge in [0.2, 0.25) is 0 Å². The molecule has 0 heterocycles. The van der Waals surface area contributed by atoms with Crippen molar-refractivity contribution >= 4 is 23.4 Å². The Hall–Kier alpha value is -2.75. The molecule has 0 aliphatic rings. The van der Waals surface area contributed by atoms with Gasteiger partial charge in [-0.1, -0.05) is 50.1 Å². The molecule has 0 radical (unpaired) electrons. The van der Waals surface area contributed by atoms with Gasteiger partial charge in [0.25, 0.3) is 0 Å². The highest BCUT2D eigenvalue weighted by molar-refractivity contribution is 5.87. The topological polar surface area (TPSA) is 78.3 Å². The first-order chi connectivity index (χ1) is 12.1. The number of carbonyl (C=O) groups is 1. The first kappa shape index (κ1) is 18.6. The second-order valence-corrected chi connectivity index (χ2v) is 6.10. The number of benzene rings is 2. The normalized spacial score (nSPS) is 10.9. The van der Waals surface area contributed by atoms with Crippen LogP contribution in [0.5, 0.6) is 0 Å². The summed E-state index contributed by atoms with van der Waals surface area (Å²) in [6.45, 7) is 2.33. The third-order valence-electron chi connectivity index (χ3n) is 4.00. The molecule has 0 bridgehead atoms. The molecule has 4 heteroatoms. The molecular formula is C21H26N2O2. The molecule has 0 unspecified atom stereocenters. The monoisotopic (exact) mass is 338 g/mol. The molecule has 0 saturated heterocycles. The third-order valence-corrected chi connectivity index (χ3v) is 4.00. The Labute approximate surface area is 149 Å². The highest BCUT2D eigenvalue weighted by Gasteiger charge is 2.03. The Morgan fingerprint density at radius 1 is 1.08 bits per heavy atom. The van der Waals surface area contributed by atoms with Gasteiger partial charge in [-0.15, -0.1) is 0 Å². The zero-order chi connectivity index (χ0) is 18.1. The third kappa shape index (κ3) is 6.34. The van der Waals surface area contributed by atoms with Crippen molar-refractivity contribution in [1.29, 1.82) is 0 Å². The van der Waals surface area contributed by atoms with Gasteiger partial charge in [-0.3, -0.25) is 0 Å². The summed E-state index contributed by atoms with van der Waals surface area (Å²) in [7, 11) is 0. The number of ether oxygens (including phenoxy) is 1. The molecule has 0 spiro atoms. The number of unbranched alkanes of at least 4 members (excludes halogenated alkanes) is 2. The smallest absolute Gasteiger partial charge is 0.331 e. The average Bonchev–Trinajstić information content (AvgIpc) is 2.60. The molecule has 0 aliphatic heterocycles. The van der Waals surface area contributed by atoms with Crippen LogP contribution < -0.4 is 11.5 Å². The minimum atomic E-state index is -0.400. The van der Waals surface area contributed by atoms with Crippen LogP contribution in [-0.4, -0.2) is 5.97 Å². The van der Waals surface area contributed by atoms with Crippen LogP contribution in [0.25, 0.3) is 6.08 Å². The Balaban J connectivity index is 1.83. The van der Waals surface area contributed by atoms with E-state index in [1.807, 2.05) is 12.1 Å². The molecule has 0 aliphatic carbocycles. The van der Waals surface area contributed by atoms with E-state index >= 15 is 0 Å². The van der Waals surface area contributed by atoms with E-state index in [1.165, 1.54) is 30.9 Å². The molecule has 4 nitrogen and oxygen atoms in total. The summed E-state index contributed by atoms with van der Waals surface area (Å²) < 4.78 is 5.21. The molecule has 2 rings (SSSR count). The van der Waals surface area contributed by atoms with E-state index < -0.39 is 5.97 Å². The molecule has 2 aromatic rings. The zero-order valence-corrected chi connectivity index (χ0v) is 14.7. The van der Waals surface area contributed by atoms with Crippen LogP contribution in [-0.2, 0) is 22.6 Å². The van der Waals surface area contributed by atoms with Gasteiger partial charge < -0.3 is 16.2 Å². The molecule has 2 aromatic carbocycles. The fraction of sp³-hybridized carbons (Fsp3) is 0.286. The van der Waals surface area contributed by atoms with E-state index in [9.17, 15) is 4.79 Å². The van der Waals surface area contributed by atoms with E-state index in [0.29, 0.717) is 11.4 Å². The van der Waals surface area contributed by atoms with Crippen LogP contribution in [0.2, 0.25) is 0 Å². The fourth-order valence-corrected chi connectivity index (χ4v) is 2.48. The standard InChI is InChI=1S/C21H26N2O2/c1-2-3-4-5-16-6-8-17(9-7-16)10-13-21(24)25-15-18-11-12-19(22)14-20(18)23/h6-14H,2-5,15,22-23H2,1H3. The van der Waals surface area contributed by atoms with Crippen molar-refractivity contribution in [2.75, 3.05) is 11.5 Å². The number of carbonyl (C=O) groups excluding carboxylic acids is 1. The SMILES string of the molecule is CCCCCc1ccc(C=CC(=O)OCc2ccc(N)cc2N)cc1. The van der Waals surface area contributed by atoms with Crippen molar-refractivity contribution in [1.82, 2.24) is 0 Å². The predicted molar refractivity (Wildman–Crippen MR) is 104 cm³/mol. The Morgan fingerprint density at radius 3 is 2.52 bits per heavy atom. The maximum Gasteiger partial charge on any atom is 0.331 e. The highest BCUT2D eigenvalue weighted by atomic mass is 16.5. The van der Waals surface area contributed by atoms with E-state index in [4.69, 9.17) is 16.2 Å². The summed E-state index contributed by atoms with van der Waals surface area (Å²) in [5.41, 5.74) is 15.6. The molecular weight excluding hydrogens is 312 g/mol.